The van der Waals surface area contributed by atoms with Crippen LogP contribution in [0.5, 0.6) is 0 Å². The van der Waals surface area contributed by atoms with Gasteiger partial charge in [0.15, 0.2) is 11.8 Å². The maximum atomic E-state index is 6.37. The second-order valence-corrected chi connectivity index (χ2v) is 9.02. The maximum Gasteiger partial charge on any atom is 0.198 e. The molecule has 0 amide bonds. The van der Waals surface area contributed by atoms with Gasteiger partial charge in [-0.15, -0.1) is 0 Å². The Balaban J connectivity index is 1.33. The van der Waals surface area contributed by atoms with E-state index >= 15 is 0 Å². The van der Waals surface area contributed by atoms with Crippen molar-refractivity contribution in [2.45, 2.75) is 70.3 Å². The number of nitrogens with zero attached hydrogens (tertiary/aromatic N) is 2. The summed E-state index contributed by atoms with van der Waals surface area (Å²) in [5.41, 5.74) is 2.24. The summed E-state index contributed by atoms with van der Waals surface area (Å²) in [6.45, 7) is 0. The Kier molecular flexibility index (Phi) is 4.06. The van der Waals surface area contributed by atoms with Gasteiger partial charge in [0.05, 0.1) is 17.7 Å². The van der Waals surface area contributed by atoms with E-state index in [2.05, 4.69) is 24.3 Å². The highest BCUT2D eigenvalue weighted by Gasteiger charge is 2.43. The molecule has 0 saturated heterocycles. The molecule has 0 spiro atoms. The lowest BCUT2D eigenvalue weighted by atomic mass is 9.78. The smallest absolute Gasteiger partial charge is 0.198 e. The van der Waals surface area contributed by atoms with Crippen molar-refractivity contribution in [3.05, 3.63) is 47.1 Å². The molecule has 2 heterocycles. The number of rotatable bonds is 2. The molecule has 0 aromatic rings. The summed E-state index contributed by atoms with van der Waals surface area (Å²) in [4.78, 5) is 10.0. The van der Waals surface area contributed by atoms with Gasteiger partial charge in [0.1, 0.15) is 11.5 Å². The van der Waals surface area contributed by atoms with Crippen LogP contribution in [0.4, 0.5) is 0 Å². The normalized spacial score (nSPS) is 32.4. The molecule has 0 aromatic heterocycles. The van der Waals surface area contributed by atoms with Crippen LogP contribution in [-0.4, -0.2) is 17.8 Å². The van der Waals surface area contributed by atoms with Crippen LogP contribution >= 0.6 is 0 Å². The highest BCUT2D eigenvalue weighted by atomic mass is 16.5. The maximum absolute atomic E-state index is 6.37. The Bertz CT molecular complexity index is 861. The molecule has 146 valence electrons. The van der Waals surface area contributed by atoms with Crippen molar-refractivity contribution in [1.82, 2.24) is 0 Å². The SMILES string of the molecule is C1=CC2N=C(C3CCCCC3)OC3=CC=C4N=C(C5CCCCC5)OC1=C4C32. The second kappa shape index (κ2) is 6.75. The van der Waals surface area contributed by atoms with Gasteiger partial charge in [-0.25, -0.2) is 9.98 Å². The highest BCUT2D eigenvalue weighted by Crippen LogP contribution is 2.47. The molecule has 6 aliphatic rings. The molecule has 0 radical (unpaired) electrons. The highest BCUT2D eigenvalue weighted by molar-refractivity contribution is 5.85. The Hall–Kier alpha value is -2.10. The minimum absolute atomic E-state index is 0.120. The summed E-state index contributed by atoms with van der Waals surface area (Å²) in [5, 5.41) is 0. The summed E-state index contributed by atoms with van der Waals surface area (Å²) in [7, 11) is 0. The average molecular weight is 377 g/mol. The van der Waals surface area contributed by atoms with E-state index in [1.165, 1.54) is 69.8 Å². The Morgan fingerprint density at radius 2 is 1.50 bits per heavy atom. The van der Waals surface area contributed by atoms with Crippen molar-refractivity contribution in [1.29, 1.82) is 0 Å². The largest absolute Gasteiger partial charge is 0.447 e. The minimum Gasteiger partial charge on any atom is -0.447 e. The van der Waals surface area contributed by atoms with Crippen molar-refractivity contribution >= 4 is 11.8 Å². The zero-order valence-corrected chi connectivity index (χ0v) is 16.4. The first-order valence-electron chi connectivity index (χ1n) is 11.2. The number of ether oxygens (including phenoxy) is 2. The Morgan fingerprint density at radius 3 is 2.25 bits per heavy atom. The van der Waals surface area contributed by atoms with Gasteiger partial charge >= 0.3 is 0 Å². The van der Waals surface area contributed by atoms with Gasteiger partial charge in [-0.1, -0.05) is 44.6 Å². The van der Waals surface area contributed by atoms with E-state index in [9.17, 15) is 0 Å². The fraction of sp³-hybridized carbons (Fsp3) is 0.583. The Labute approximate surface area is 166 Å². The van der Waals surface area contributed by atoms with Crippen LogP contribution in [-0.2, 0) is 9.47 Å². The zero-order valence-electron chi connectivity index (χ0n) is 16.4. The molecule has 4 aliphatic carbocycles. The third kappa shape index (κ3) is 2.72. The average Bonchev–Trinajstić information content (AvgIpc) is 2.78. The van der Waals surface area contributed by atoms with Crippen molar-refractivity contribution in [2.75, 3.05) is 0 Å². The Morgan fingerprint density at radius 1 is 0.786 bits per heavy atom. The van der Waals surface area contributed by atoms with Crippen LogP contribution in [0, 0.1) is 17.8 Å². The van der Waals surface area contributed by atoms with E-state index in [0.29, 0.717) is 11.8 Å². The lowest BCUT2D eigenvalue weighted by molar-refractivity contribution is 0.260. The van der Waals surface area contributed by atoms with E-state index in [1.807, 2.05) is 0 Å². The molecule has 2 atom stereocenters. The van der Waals surface area contributed by atoms with Gasteiger partial charge in [-0.05, 0) is 43.9 Å². The molecular formula is C24H28N2O2. The number of aliphatic imine (C=N–C) groups is 2. The summed E-state index contributed by atoms with van der Waals surface area (Å²) in [6, 6.07) is 0.120. The molecule has 2 saturated carbocycles. The molecule has 4 heteroatoms. The quantitative estimate of drug-likeness (QED) is 0.630. The van der Waals surface area contributed by atoms with Crippen LogP contribution < -0.4 is 0 Å². The van der Waals surface area contributed by atoms with E-state index in [4.69, 9.17) is 19.5 Å². The van der Waals surface area contributed by atoms with Crippen LogP contribution in [0.2, 0.25) is 0 Å². The summed E-state index contributed by atoms with van der Waals surface area (Å²) in [6.07, 6.45) is 21.3. The molecular weight excluding hydrogens is 348 g/mol. The fourth-order valence-electron chi connectivity index (χ4n) is 5.67. The van der Waals surface area contributed by atoms with Gasteiger partial charge < -0.3 is 9.47 Å². The molecule has 2 aliphatic heterocycles. The molecule has 0 bridgehead atoms. The molecule has 28 heavy (non-hydrogen) atoms. The van der Waals surface area contributed by atoms with Crippen LogP contribution in [0.25, 0.3) is 0 Å². The van der Waals surface area contributed by atoms with E-state index in [0.717, 1.165) is 29.0 Å². The van der Waals surface area contributed by atoms with E-state index < -0.39 is 0 Å². The van der Waals surface area contributed by atoms with Crippen LogP contribution in [0.1, 0.15) is 64.2 Å². The third-order valence-corrected chi connectivity index (χ3v) is 7.20. The fourth-order valence-corrected chi connectivity index (χ4v) is 5.67. The number of allylic oxidation sites excluding steroid dienone is 4. The van der Waals surface area contributed by atoms with Gasteiger partial charge in [-0.2, -0.15) is 0 Å². The monoisotopic (exact) mass is 376 g/mol. The first kappa shape index (κ1) is 16.8. The van der Waals surface area contributed by atoms with Crippen molar-refractivity contribution in [3.63, 3.8) is 0 Å². The van der Waals surface area contributed by atoms with Gasteiger partial charge in [0.2, 0.25) is 0 Å². The lowest BCUT2D eigenvalue weighted by Gasteiger charge is -2.40. The van der Waals surface area contributed by atoms with E-state index in [1.54, 1.807) is 0 Å². The van der Waals surface area contributed by atoms with Crippen LogP contribution in [0.15, 0.2) is 57.1 Å². The topological polar surface area (TPSA) is 43.2 Å². The molecule has 4 nitrogen and oxygen atoms in total. The lowest BCUT2D eigenvalue weighted by Crippen LogP contribution is -2.38. The zero-order chi connectivity index (χ0) is 18.5. The standard InChI is InChI=1S/C24H28N2O2/c1-3-7-15(8-4-1)23-25-17-11-14-20-22-18(12-13-19(27-23)21(17)22)26-24(28-20)16-9-5-2-6-10-16/h11-17,21H,1-10H2. The van der Waals surface area contributed by atoms with Gasteiger partial charge in [0, 0.05) is 17.4 Å². The molecule has 0 N–H and O–H groups in total. The van der Waals surface area contributed by atoms with Gasteiger partial charge in [-0.3, -0.25) is 0 Å². The van der Waals surface area contributed by atoms with Crippen molar-refractivity contribution < 1.29 is 9.47 Å². The molecule has 2 unspecified atom stereocenters. The molecule has 0 aromatic carbocycles. The number of hydrogen-bond donors (Lipinski definition) is 0. The first-order chi connectivity index (χ1) is 13.9. The van der Waals surface area contributed by atoms with Gasteiger partial charge in [0.25, 0.3) is 0 Å². The molecule has 6 rings (SSSR count). The summed E-state index contributed by atoms with van der Waals surface area (Å²) in [5.74, 6) is 4.97. The minimum atomic E-state index is 0.120. The third-order valence-electron chi connectivity index (χ3n) is 7.20. The summed E-state index contributed by atoms with van der Waals surface area (Å²) >= 11 is 0. The van der Waals surface area contributed by atoms with E-state index in [-0.39, 0.29) is 12.0 Å². The predicted octanol–water partition coefficient (Wildman–Crippen LogP) is 5.59. The number of hydrogen-bond acceptors (Lipinski definition) is 4. The second-order valence-electron chi connectivity index (χ2n) is 9.02. The van der Waals surface area contributed by atoms with Crippen molar-refractivity contribution in [2.24, 2.45) is 27.7 Å². The first-order valence-corrected chi connectivity index (χ1v) is 11.2. The predicted molar refractivity (Wildman–Crippen MR) is 110 cm³/mol. The molecule has 2 fully saturated rings. The van der Waals surface area contributed by atoms with Crippen LogP contribution in [0.3, 0.4) is 0 Å². The summed E-state index contributed by atoms with van der Waals surface area (Å²) < 4.78 is 12.7. The van der Waals surface area contributed by atoms with Crippen molar-refractivity contribution in [3.8, 4) is 0 Å².